The minimum absolute atomic E-state index is 0.185. The van der Waals surface area contributed by atoms with Gasteiger partial charge in [0, 0.05) is 11.6 Å². The number of aryl methyl sites for hydroxylation is 1. The second-order valence-corrected chi connectivity index (χ2v) is 12.2. The van der Waals surface area contributed by atoms with E-state index in [2.05, 4.69) is 20.9 Å². The van der Waals surface area contributed by atoms with E-state index in [1.807, 2.05) is 31.2 Å². The number of methoxy groups -OCH3 is 1. The number of allylic oxidation sites excluding steroid dienone is 1. The summed E-state index contributed by atoms with van der Waals surface area (Å²) in [6.07, 6.45) is 1.46. The molecule has 1 atom stereocenters. The van der Waals surface area contributed by atoms with Crippen LogP contribution in [0.15, 0.2) is 78.5 Å². The average Bonchev–Trinajstić information content (AvgIpc) is 3.55. The molecule has 0 saturated heterocycles. The molecule has 2 aromatic heterocycles. The van der Waals surface area contributed by atoms with E-state index in [1.54, 1.807) is 65.1 Å². The molecule has 9 nitrogen and oxygen atoms in total. The van der Waals surface area contributed by atoms with Crippen LogP contribution in [0, 0.1) is 6.92 Å². The summed E-state index contributed by atoms with van der Waals surface area (Å²) in [4.78, 5) is 44.5. The number of aromatic nitrogens is 1. The van der Waals surface area contributed by atoms with E-state index in [0.717, 1.165) is 11.1 Å². The summed E-state index contributed by atoms with van der Waals surface area (Å²) in [5, 5.41) is 0. The zero-order valence-electron chi connectivity index (χ0n) is 25.1. The first-order chi connectivity index (χ1) is 21.0. The van der Waals surface area contributed by atoms with Crippen molar-refractivity contribution >= 4 is 45.3 Å². The van der Waals surface area contributed by atoms with Crippen molar-refractivity contribution in [3.63, 3.8) is 0 Å². The Labute approximate surface area is 266 Å². The van der Waals surface area contributed by atoms with Crippen molar-refractivity contribution in [1.82, 2.24) is 4.57 Å². The molecule has 0 amide bonds. The van der Waals surface area contributed by atoms with Gasteiger partial charge in [0.2, 0.25) is 0 Å². The summed E-state index contributed by atoms with van der Waals surface area (Å²) in [5.74, 6) is 0.764. The zero-order valence-corrected chi connectivity index (χ0v) is 27.5. The number of halogens is 1. The van der Waals surface area contributed by atoms with E-state index < -0.39 is 12.0 Å². The van der Waals surface area contributed by atoms with Gasteiger partial charge in [0.1, 0.15) is 17.3 Å². The Morgan fingerprint density at radius 3 is 2.55 bits per heavy atom. The number of thiazole rings is 1. The van der Waals surface area contributed by atoms with Crippen LogP contribution >= 0.6 is 27.3 Å². The quantitative estimate of drug-likeness (QED) is 0.220. The maximum Gasteiger partial charge on any atom is 0.338 e. The average molecular weight is 680 g/mol. The first kappa shape index (κ1) is 31.2. The Morgan fingerprint density at radius 1 is 1.11 bits per heavy atom. The fourth-order valence-corrected chi connectivity index (χ4v) is 6.60. The predicted octanol–water partition coefficient (Wildman–Crippen LogP) is 5.70. The molecule has 0 unspecified atom stereocenters. The van der Waals surface area contributed by atoms with Crippen LogP contribution in [-0.2, 0) is 14.3 Å². The summed E-state index contributed by atoms with van der Waals surface area (Å²) in [6, 6.07) is 13.5. The molecule has 2 aromatic carbocycles. The van der Waals surface area contributed by atoms with Gasteiger partial charge in [-0.1, -0.05) is 23.5 Å². The van der Waals surface area contributed by atoms with E-state index in [9.17, 15) is 14.4 Å². The van der Waals surface area contributed by atoms with Gasteiger partial charge >= 0.3 is 11.9 Å². The third kappa shape index (κ3) is 6.07. The van der Waals surface area contributed by atoms with Crippen LogP contribution in [0.4, 0.5) is 0 Å². The van der Waals surface area contributed by atoms with Gasteiger partial charge in [0.05, 0.1) is 51.7 Å². The van der Waals surface area contributed by atoms with Gasteiger partial charge in [0.25, 0.3) is 5.56 Å². The molecule has 0 radical (unpaired) electrons. The summed E-state index contributed by atoms with van der Waals surface area (Å²) in [6.45, 7) is 9.16. The van der Waals surface area contributed by atoms with Crippen molar-refractivity contribution in [2.75, 3.05) is 13.7 Å². The molecule has 0 saturated carbocycles. The fourth-order valence-electron chi connectivity index (χ4n) is 5.01. The van der Waals surface area contributed by atoms with E-state index >= 15 is 0 Å². The molecule has 0 fully saturated rings. The normalized spacial score (nSPS) is 14.8. The van der Waals surface area contributed by atoms with Crippen molar-refractivity contribution in [3.05, 3.63) is 106 Å². The molecular weight excluding hydrogens is 648 g/mol. The first-order valence-electron chi connectivity index (χ1n) is 14.0. The van der Waals surface area contributed by atoms with E-state index in [0.29, 0.717) is 53.5 Å². The maximum atomic E-state index is 13.9. The van der Waals surface area contributed by atoms with Crippen molar-refractivity contribution in [2.45, 2.75) is 46.8 Å². The van der Waals surface area contributed by atoms with Gasteiger partial charge in [-0.05, 0) is 98.1 Å². The van der Waals surface area contributed by atoms with Crippen molar-refractivity contribution < 1.29 is 28.2 Å². The Morgan fingerprint density at radius 2 is 1.89 bits per heavy atom. The number of fused-ring (bicyclic) bond motifs is 1. The van der Waals surface area contributed by atoms with Crippen molar-refractivity contribution in [3.8, 4) is 17.1 Å². The van der Waals surface area contributed by atoms with Gasteiger partial charge in [-0.2, -0.15) is 0 Å². The number of hydrogen-bond donors (Lipinski definition) is 0. The SMILES string of the molecule is CCOC(=O)C1=C(C)N=c2s/c(=C/c3ccc(-c4ccc(C(=O)OC(C)C)cc4C)o3)c(=O)n2[C@H]1c1ccc(OC)c(Br)c1. The topological polar surface area (TPSA) is 109 Å². The minimum atomic E-state index is -0.759. The molecule has 4 aromatic rings. The van der Waals surface area contributed by atoms with Crippen LogP contribution in [0.2, 0.25) is 0 Å². The molecule has 0 bridgehead atoms. The van der Waals surface area contributed by atoms with E-state index in [4.69, 9.17) is 18.6 Å². The fraction of sp³-hybridized carbons (Fsp3) is 0.273. The summed E-state index contributed by atoms with van der Waals surface area (Å²) in [5.41, 5.74) is 3.26. The third-order valence-corrected chi connectivity index (χ3v) is 8.58. The van der Waals surface area contributed by atoms with Gasteiger partial charge in [-0.25, -0.2) is 14.6 Å². The number of benzene rings is 2. The lowest BCUT2D eigenvalue weighted by Gasteiger charge is -2.25. The molecule has 44 heavy (non-hydrogen) atoms. The number of nitrogens with zero attached hydrogens (tertiary/aromatic N) is 2. The lowest BCUT2D eigenvalue weighted by Crippen LogP contribution is -2.39. The Kier molecular flexibility index (Phi) is 9.07. The van der Waals surface area contributed by atoms with Crippen LogP contribution in [0.3, 0.4) is 0 Å². The zero-order chi connectivity index (χ0) is 31.7. The molecule has 0 N–H and O–H groups in total. The highest BCUT2D eigenvalue weighted by atomic mass is 79.9. The van der Waals surface area contributed by atoms with Gasteiger partial charge in [-0.3, -0.25) is 9.36 Å². The van der Waals surface area contributed by atoms with Gasteiger partial charge in [0.15, 0.2) is 4.80 Å². The molecule has 3 heterocycles. The van der Waals surface area contributed by atoms with E-state index in [1.165, 1.54) is 15.9 Å². The molecule has 228 valence electrons. The van der Waals surface area contributed by atoms with Crippen molar-refractivity contribution in [1.29, 1.82) is 0 Å². The van der Waals surface area contributed by atoms with Gasteiger partial charge in [-0.15, -0.1) is 0 Å². The van der Waals surface area contributed by atoms with Gasteiger partial charge < -0.3 is 18.6 Å². The second kappa shape index (κ2) is 12.8. The smallest absolute Gasteiger partial charge is 0.338 e. The number of carbonyl (C=O) groups is 2. The summed E-state index contributed by atoms with van der Waals surface area (Å²) in [7, 11) is 1.57. The highest BCUT2D eigenvalue weighted by Gasteiger charge is 2.33. The molecular formula is C33H31BrN2O7S. The first-order valence-corrected chi connectivity index (χ1v) is 15.6. The Hall–Kier alpha value is -4.22. The van der Waals surface area contributed by atoms with Crippen LogP contribution in [-0.4, -0.2) is 36.3 Å². The molecule has 1 aliphatic heterocycles. The number of carbonyl (C=O) groups excluding carboxylic acids is 2. The third-order valence-electron chi connectivity index (χ3n) is 6.98. The van der Waals surface area contributed by atoms with Crippen LogP contribution in [0.1, 0.15) is 61.0 Å². The Bertz CT molecular complexity index is 1980. The minimum Gasteiger partial charge on any atom is -0.496 e. The molecule has 5 rings (SSSR count). The van der Waals surface area contributed by atoms with E-state index in [-0.39, 0.29) is 24.2 Å². The lowest BCUT2D eigenvalue weighted by molar-refractivity contribution is -0.139. The standard InChI is InChI=1S/C33H31BrN2O7S/c1-7-41-32(39)28-19(5)35-33-36(29(28)20-9-12-26(40-6)24(34)15-20)30(37)27(44-33)16-22-10-13-25(43-22)23-11-8-21(14-18(23)4)31(38)42-17(2)3/h8-17,29H,7H2,1-6H3/b27-16+/t29-/m0/s1. The lowest BCUT2D eigenvalue weighted by atomic mass is 9.96. The number of furan rings is 1. The molecule has 0 spiro atoms. The number of hydrogen-bond acceptors (Lipinski definition) is 9. The maximum absolute atomic E-state index is 13.9. The van der Waals surface area contributed by atoms with Crippen molar-refractivity contribution in [2.24, 2.45) is 4.99 Å². The number of esters is 2. The molecule has 0 aliphatic carbocycles. The predicted molar refractivity (Wildman–Crippen MR) is 171 cm³/mol. The highest BCUT2D eigenvalue weighted by Crippen LogP contribution is 2.35. The summed E-state index contributed by atoms with van der Waals surface area (Å²) < 4.78 is 24.8. The Balaban J connectivity index is 1.56. The molecule has 1 aliphatic rings. The number of rotatable bonds is 8. The van der Waals surface area contributed by atoms with Crippen LogP contribution < -0.4 is 19.6 Å². The molecule has 11 heteroatoms. The highest BCUT2D eigenvalue weighted by molar-refractivity contribution is 9.10. The van der Waals surface area contributed by atoms with Crippen LogP contribution in [0.5, 0.6) is 5.75 Å². The number of ether oxygens (including phenoxy) is 3. The summed E-state index contributed by atoms with van der Waals surface area (Å²) >= 11 is 4.73. The second-order valence-electron chi connectivity index (χ2n) is 10.4. The van der Waals surface area contributed by atoms with Crippen LogP contribution in [0.25, 0.3) is 17.4 Å². The monoisotopic (exact) mass is 678 g/mol. The largest absolute Gasteiger partial charge is 0.496 e.